The second-order valence-electron chi connectivity index (χ2n) is 5.29. The molecule has 0 bridgehead atoms. The molecule has 1 unspecified atom stereocenters. The number of nitrogens with one attached hydrogen (secondary N) is 1. The lowest BCUT2D eigenvalue weighted by molar-refractivity contribution is -0.147. The highest BCUT2D eigenvalue weighted by Crippen LogP contribution is 2.03. The number of carbonyl (C=O) groups is 1. The topological polar surface area (TPSA) is 47.6 Å². The molecule has 0 heterocycles. The van der Waals surface area contributed by atoms with Crippen LogP contribution in [0.1, 0.15) is 32.8 Å². The fourth-order valence-electron chi connectivity index (χ4n) is 2.05. The van der Waals surface area contributed by atoms with Crippen LogP contribution in [-0.4, -0.2) is 37.9 Å². The molecule has 1 rings (SSSR count). The molecule has 0 aliphatic heterocycles. The lowest BCUT2D eigenvalue weighted by atomic mass is 10.1. The van der Waals surface area contributed by atoms with Crippen molar-refractivity contribution in [3.05, 3.63) is 35.9 Å². The van der Waals surface area contributed by atoms with Crippen molar-refractivity contribution in [2.45, 2.75) is 45.7 Å². The van der Waals surface area contributed by atoms with E-state index in [1.165, 1.54) is 5.56 Å². The van der Waals surface area contributed by atoms with Gasteiger partial charge in [0.1, 0.15) is 6.04 Å². The minimum Gasteiger partial charge on any atom is -0.465 e. The Morgan fingerprint density at radius 1 is 1.24 bits per heavy atom. The van der Waals surface area contributed by atoms with Gasteiger partial charge in [-0.05, 0) is 25.3 Å². The van der Waals surface area contributed by atoms with Crippen LogP contribution in [0.5, 0.6) is 0 Å². The van der Waals surface area contributed by atoms with Crippen molar-refractivity contribution in [1.82, 2.24) is 5.32 Å². The minimum atomic E-state index is -0.387. The van der Waals surface area contributed by atoms with Crippen molar-refractivity contribution >= 4 is 5.97 Å². The molecule has 0 fully saturated rings. The molecular formula is C17H27NO3. The van der Waals surface area contributed by atoms with Crippen LogP contribution in [0, 0.1) is 0 Å². The molecule has 0 saturated carbocycles. The van der Waals surface area contributed by atoms with Crippen LogP contribution in [0.2, 0.25) is 0 Å². The fraction of sp³-hybridized carbons (Fsp3) is 0.588. The standard InChI is InChI=1S/C17H27NO3/c1-4-21-17(19)16(18-14(2)3)13-20-12-8-11-15-9-6-5-7-10-15/h5-7,9-10,14,16,18H,4,8,11-13H2,1-3H3. The van der Waals surface area contributed by atoms with Crippen molar-refractivity contribution in [1.29, 1.82) is 0 Å². The Morgan fingerprint density at radius 3 is 2.57 bits per heavy atom. The monoisotopic (exact) mass is 293 g/mol. The summed E-state index contributed by atoms with van der Waals surface area (Å²) in [5, 5.41) is 3.17. The Bertz CT molecular complexity index is 392. The number of ether oxygens (including phenoxy) is 2. The quantitative estimate of drug-likeness (QED) is 0.532. The summed E-state index contributed by atoms with van der Waals surface area (Å²) in [7, 11) is 0. The van der Waals surface area contributed by atoms with Gasteiger partial charge in [0.15, 0.2) is 0 Å². The van der Waals surface area contributed by atoms with Crippen molar-refractivity contribution in [2.75, 3.05) is 19.8 Å². The largest absolute Gasteiger partial charge is 0.465 e. The van der Waals surface area contributed by atoms with E-state index in [4.69, 9.17) is 9.47 Å². The van der Waals surface area contributed by atoms with E-state index in [0.29, 0.717) is 19.8 Å². The van der Waals surface area contributed by atoms with Gasteiger partial charge in [-0.25, -0.2) is 0 Å². The number of esters is 1. The molecule has 1 aromatic rings. The zero-order chi connectivity index (χ0) is 15.5. The third-order valence-corrected chi connectivity index (χ3v) is 2.99. The van der Waals surface area contributed by atoms with Gasteiger partial charge >= 0.3 is 5.97 Å². The third kappa shape index (κ3) is 7.83. The highest BCUT2D eigenvalue weighted by molar-refractivity contribution is 5.75. The Morgan fingerprint density at radius 2 is 1.95 bits per heavy atom. The molecule has 0 aliphatic rings. The van der Waals surface area contributed by atoms with E-state index in [-0.39, 0.29) is 18.1 Å². The van der Waals surface area contributed by atoms with Gasteiger partial charge < -0.3 is 14.8 Å². The smallest absolute Gasteiger partial charge is 0.325 e. The van der Waals surface area contributed by atoms with E-state index in [1.807, 2.05) is 39.0 Å². The van der Waals surface area contributed by atoms with E-state index < -0.39 is 0 Å². The van der Waals surface area contributed by atoms with E-state index in [2.05, 4.69) is 17.4 Å². The Hall–Kier alpha value is -1.39. The molecule has 0 aromatic heterocycles. The predicted molar refractivity (Wildman–Crippen MR) is 84.3 cm³/mol. The SMILES string of the molecule is CCOC(=O)C(COCCCc1ccccc1)NC(C)C. The molecule has 0 amide bonds. The molecule has 1 N–H and O–H groups in total. The second kappa shape index (κ2) is 10.4. The third-order valence-electron chi connectivity index (χ3n) is 2.99. The van der Waals surface area contributed by atoms with Gasteiger partial charge in [-0.3, -0.25) is 4.79 Å². The maximum absolute atomic E-state index is 11.8. The summed E-state index contributed by atoms with van der Waals surface area (Å²) in [5.41, 5.74) is 1.31. The molecule has 0 aliphatic carbocycles. The fourth-order valence-corrected chi connectivity index (χ4v) is 2.05. The predicted octanol–water partition coefficient (Wildman–Crippen LogP) is 2.57. The molecule has 4 heteroatoms. The molecule has 4 nitrogen and oxygen atoms in total. The average molecular weight is 293 g/mol. The van der Waals surface area contributed by atoms with Gasteiger partial charge in [-0.15, -0.1) is 0 Å². The van der Waals surface area contributed by atoms with E-state index in [0.717, 1.165) is 12.8 Å². The minimum absolute atomic E-state index is 0.215. The number of benzene rings is 1. The first-order valence-corrected chi connectivity index (χ1v) is 7.67. The highest BCUT2D eigenvalue weighted by Gasteiger charge is 2.20. The van der Waals surface area contributed by atoms with Gasteiger partial charge in [0, 0.05) is 12.6 Å². The lowest BCUT2D eigenvalue weighted by Crippen LogP contribution is -2.45. The summed E-state index contributed by atoms with van der Waals surface area (Å²) in [6, 6.07) is 10.2. The first kappa shape index (κ1) is 17.7. The maximum atomic E-state index is 11.8. The summed E-state index contributed by atoms with van der Waals surface area (Å²) in [5.74, 6) is -0.241. The zero-order valence-corrected chi connectivity index (χ0v) is 13.3. The molecule has 118 valence electrons. The van der Waals surface area contributed by atoms with Crippen LogP contribution >= 0.6 is 0 Å². The zero-order valence-electron chi connectivity index (χ0n) is 13.3. The van der Waals surface area contributed by atoms with Crippen LogP contribution in [0.4, 0.5) is 0 Å². The lowest BCUT2D eigenvalue weighted by Gasteiger charge is -2.19. The van der Waals surface area contributed by atoms with Crippen molar-refractivity contribution < 1.29 is 14.3 Å². The molecule has 21 heavy (non-hydrogen) atoms. The van der Waals surface area contributed by atoms with Crippen molar-refractivity contribution in [2.24, 2.45) is 0 Å². The Kier molecular flexibility index (Phi) is 8.71. The van der Waals surface area contributed by atoms with Crippen LogP contribution in [-0.2, 0) is 20.7 Å². The van der Waals surface area contributed by atoms with Gasteiger partial charge in [0.25, 0.3) is 0 Å². The highest BCUT2D eigenvalue weighted by atomic mass is 16.5. The van der Waals surface area contributed by atoms with E-state index in [9.17, 15) is 4.79 Å². The summed E-state index contributed by atoms with van der Waals surface area (Å²) >= 11 is 0. The van der Waals surface area contributed by atoms with Crippen molar-refractivity contribution in [3.8, 4) is 0 Å². The summed E-state index contributed by atoms with van der Waals surface area (Å²) < 4.78 is 10.7. The van der Waals surface area contributed by atoms with Gasteiger partial charge in [-0.1, -0.05) is 44.2 Å². The van der Waals surface area contributed by atoms with Crippen LogP contribution in [0.15, 0.2) is 30.3 Å². The summed E-state index contributed by atoms with van der Waals surface area (Å²) in [4.78, 5) is 11.8. The number of hydrogen-bond acceptors (Lipinski definition) is 4. The van der Waals surface area contributed by atoms with E-state index in [1.54, 1.807) is 0 Å². The average Bonchev–Trinajstić information content (AvgIpc) is 2.46. The van der Waals surface area contributed by atoms with Crippen LogP contribution < -0.4 is 5.32 Å². The molecule has 0 saturated heterocycles. The molecule has 1 aromatic carbocycles. The Balaban J connectivity index is 2.24. The molecule has 1 atom stereocenters. The van der Waals surface area contributed by atoms with Gasteiger partial charge in [0.2, 0.25) is 0 Å². The first-order valence-electron chi connectivity index (χ1n) is 7.67. The number of carbonyl (C=O) groups excluding carboxylic acids is 1. The maximum Gasteiger partial charge on any atom is 0.325 e. The Labute approximate surface area is 127 Å². The number of hydrogen-bond donors (Lipinski definition) is 1. The van der Waals surface area contributed by atoms with Gasteiger partial charge in [0.05, 0.1) is 13.2 Å². The molecule has 0 radical (unpaired) electrons. The molecule has 0 spiro atoms. The second-order valence-corrected chi connectivity index (χ2v) is 5.29. The van der Waals surface area contributed by atoms with E-state index >= 15 is 0 Å². The van der Waals surface area contributed by atoms with Crippen LogP contribution in [0.25, 0.3) is 0 Å². The molecular weight excluding hydrogens is 266 g/mol. The van der Waals surface area contributed by atoms with Crippen LogP contribution in [0.3, 0.4) is 0 Å². The summed E-state index contributed by atoms with van der Waals surface area (Å²) in [6.07, 6.45) is 1.93. The number of rotatable bonds is 10. The number of aryl methyl sites for hydroxylation is 1. The normalized spacial score (nSPS) is 12.4. The summed E-state index contributed by atoms with van der Waals surface area (Å²) in [6.45, 7) is 7.20. The van der Waals surface area contributed by atoms with Crippen molar-refractivity contribution in [3.63, 3.8) is 0 Å². The first-order chi connectivity index (χ1) is 10.1. The van der Waals surface area contributed by atoms with Gasteiger partial charge in [-0.2, -0.15) is 0 Å².